The van der Waals surface area contributed by atoms with Crippen LogP contribution in [0.5, 0.6) is 0 Å². The van der Waals surface area contributed by atoms with E-state index in [9.17, 15) is 14.4 Å². The smallest absolute Gasteiger partial charge is 0.333 e. The number of hydrogen-bond acceptors (Lipinski definition) is 6. The molecule has 28 heavy (non-hydrogen) atoms. The molecule has 0 unspecified atom stereocenters. The monoisotopic (exact) mass is 389 g/mol. The second-order valence-electron chi connectivity index (χ2n) is 7.14. The van der Waals surface area contributed by atoms with Crippen molar-refractivity contribution in [1.82, 2.24) is 23.1 Å². The van der Waals surface area contributed by atoms with Crippen molar-refractivity contribution in [3.8, 4) is 0 Å². The minimum absolute atomic E-state index is 0.105. The molecule has 0 radical (unpaired) electrons. The van der Waals surface area contributed by atoms with Gasteiger partial charge >= 0.3 is 11.7 Å². The summed E-state index contributed by atoms with van der Waals surface area (Å²) in [4.78, 5) is 42.0. The fourth-order valence-corrected chi connectivity index (χ4v) is 3.86. The molecule has 0 amide bonds. The van der Waals surface area contributed by atoms with Crippen LogP contribution < -0.4 is 11.2 Å². The van der Waals surface area contributed by atoms with Crippen LogP contribution in [0.15, 0.2) is 9.59 Å². The summed E-state index contributed by atoms with van der Waals surface area (Å²) in [5, 5.41) is 0. The normalized spacial score (nSPS) is 17.1. The van der Waals surface area contributed by atoms with Crippen LogP contribution in [0.4, 0.5) is 0 Å². The zero-order valence-electron chi connectivity index (χ0n) is 16.4. The average molecular weight is 389 g/mol. The highest BCUT2D eigenvalue weighted by atomic mass is 16.5. The molecule has 0 aromatic carbocycles. The van der Waals surface area contributed by atoms with E-state index in [-0.39, 0.29) is 17.3 Å². The molecule has 4 heterocycles. The zero-order chi connectivity index (χ0) is 20.2. The third kappa shape index (κ3) is 2.59. The maximum Gasteiger partial charge on any atom is 0.333 e. The molecule has 150 valence electrons. The third-order valence-electron chi connectivity index (χ3n) is 5.55. The summed E-state index contributed by atoms with van der Waals surface area (Å²) >= 11 is 0. The molecule has 0 bridgehead atoms. The van der Waals surface area contributed by atoms with Crippen LogP contribution in [0.25, 0.3) is 16.9 Å². The van der Waals surface area contributed by atoms with Crippen molar-refractivity contribution in [1.29, 1.82) is 0 Å². The van der Waals surface area contributed by atoms with E-state index in [1.54, 1.807) is 4.40 Å². The Morgan fingerprint density at radius 3 is 2.64 bits per heavy atom. The van der Waals surface area contributed by atoms with Gasteiger partial charge in [-0.25, -0.2) is 9.36 Å². The predicted molar refractivity (Wildman–Crippen MR) is 101 cm³/mol. The number of esters is 1. The van der Waals surface area contributed by atoms with Crippen molar-refractivity contribution in [3.05, 3.63) is 32.2 Å². The molecule has 1 saturated heterocycles. The molecule has 1 aliphatic heterocycles. The van der Waals surface area contributed by atoms with Crippen molar-refractivity contribution in [2.24, 2.45) is 7.05 Å². The summed E-state index contributed by atoms with van der Waals surface area (Å²) in [5.74, 6) is -0.0772. The minimum Gasteiger partial charge on any atom is -0.468 e. The molecule has 3 aromatic heterocycles. The summed E-state index contributed by atoms with van der Waals surface area (Å²) in [6.45, 7) is 4.82. The van der Waals surface area contributed by atoms with Gasteiger partial charge in [-0.05, 0) is 26.7 Å². The van der Waals surface area contributed by atoms with Crippen LogP contribution in [-0.4, -0.2) is 48.9 Å². The van der Waals surface area contributed by atoms with Gasteiger partial charge in [0.2, 0.25) is 5.78 Å². The van der Waals surface area contributed by atoms with E-state index in [4.69, 9.17) is 4.74 Å². The first-order valence-corrected chi connectivity index (χ1v) is 9.21. The molecule has 3 aromatic rings. The molecule has 0 aliphatic carbocycles. The number of methoxy groups -OCH3 is 1. The molecule has 0 spiro atoms. The molecule has 1 atom stereocenters. The van der Waals surface area contributed by atoms with E-state index in [2.05, 4.69) is 9.72 Å². The molecule has 1 fully saturated rings. The van der Waals surface area contributed by atoms with Crippen molar-refractivity contribution in [3.63, 3.8) is 0 Å². The average Bonchev–Trinajstić information content (AvgIpc) is 3.38. The van der Waals surface area contributed by atoms with E-state index in [1.165, 1.54) is 18.7 Å². The first kappa shape index (κ1) is 18.5. The highest BCUT2D eigenvalue weighted by Crippen LogP contribution is 2.23. The Labute approximate surface area is 159 Å². The first-order chi connectivity index (χ1) is 13.3. The molecule has 10 heteroatoms. The van der Waals surface area contributed by atoms with Gasteiger partial charge in [-0.1, -0.05) is 0 Å². The van der Waals surface area contributed by atoms with Crippen molar-refractivity contribution < 1.29 is 14.3 Å². The van der Waals surface area contributed by atoms with E-state index >= 15 is 0 Å². The number of aryl methyl sites for hydroxylation is 2. The Bertz CT molecular complexity index is 1210. The summed E-state index contributed by atoms with van der Waals surface area (Å²) < 4.78 is 16.3. The summed E-state index contributed by atoms with van der Waals surface area (Å²) in [6, 6.07) is 0. The van der Waals surface area contributed by atoms with E-state index in [1.807, 2.05) is 18.4 Å². The maximum absolute atomic E-state index is 13.1. The number of imidazole rings is 2. The Hall–Kier alpha value is -2.88. The molecule has 0 saturated carbocycles. The third-order valence-corrected chi connectivity index (χ3v) is 5.55. The Morgan fingerprint density at radius 1 is 1.25 bits per heavy atom. The highest BCUT2D eigenvalue weighted by molar-refractivity contribution is 5.77. The van der Waals surface area contributed by atoms with Gasteiger partial charge in [-0.3, -0.25) is 18.6 Å². The number of ether oxygens (including phenoxy) is 2. The van der Waals surface area contributed by atoms with Gasteiger partial charge < -0.3 is 14.0 Å². The fourth-order valence-electron chi connectivity index (χ4n) is 3.86. The zero-order valence-corrected chi connectivity index (χ0v) is 16.4. The Balaban J connectivity index is 2.00. The van der Waals surface area contributed by atoms with E-state index in [0.29, 0.717) is 12.3 Å². The van der Waals surface area contributed by atoms with Crippen LogP contribution in [0.2, 0.25) is 0 Å². The van der Waals surface area contributed by atoms with Crippen molar-refractivity contribution in [2.75, 3.05) is 13.7 Å². The standard InChI is InChI=1S/C18H23N5O5/c1-10-11(2)23-14-15(19-17(23)21(10)8-12-6-5-7-28-12)20(3)18(26)22(16(14)25)9-13(24)27-4/h12H,5-9H2,1-4H3/t12-/m1/s1. The van der Waals surface area contributed by atoms with Crippen LogP contribution >= 0.6 is 0 Å². The predicted octanol–water partition coefficient (Wildman–Crippen LogP) is 0.118. The highest BCUT2D eigenvalue weighted by Gasteiger charge is 2.25. The lowest BCUT2D eigenvalue weighted by Gasteiger charge is -2.12. The van der Waals surface area contributed by atoms with Gasteiger partial charge in [0.15, 0.2) is 11.2 Å². The summed E-state index contributed by atoms with van der Waals surface area (Å²) in [7, 11) is 2.75. The molecular weight excluding hydrogens is 366 g/mol. The number of rotatable bonds is 4. The fraction of sp³-hybridized carbons (Fsp3) is 0.556. The number of hydrogen-bond donors (Lipinski definition) is 0. The first-order valence-electron chi connectivity index (χ1n) is 9.21. The molecule has 0 N–H and O–H groups in total. The SMILES string of the molecule is COC(=O)Cn1c(=O)c2c(nc3n(C[C@H]4CCCO4)c(C)c(C)n23)n(C)c1=O. The van der Waals surface area contributed by atoms with Crippen LogP contribution in [-0.2, 0) is 34.4 Å². The second-order valence-corrected chi connectivity index (χ2v) is 7.14. The van der Waals surface area contributed by atoms with Crippen LogP contribution in [0.3, 0.4) is 0 Å². The molecule has 4 rings (SSSR count). The quantitative estimate of drug-likeness (QED) is 0.588. The van der Waals surface area contributed by atoms with Gasteiger partial charge in [0, 0.05) is 25.0 Å². The van der Waals surface area contributed by atoms with E-state index < -0.39 is 23.8 Å². The molecule has 10 nitrogen and oxygen atoms in total. The number of carbonyl (C=O) groups excluding carboxylic acids is 1. The van der Waals surface area contributed by atoms with Gasteiger partial charge in [0.25, 0.3) is 5.56 Å². The number of aromatic nitrogens is 5. The van der Waals surface area contributed by atoms with Gasteiger partial charge in [-0.2, -0.15) is 4.98 Å². The lowest BCUT2D eigenvalue weighted by molar-refractivity contribution is -0.141. The lowest BCUT2D eigenvalue weighted by atomic mass is 10.2. The Morgan fingerprint density at radius 2 is 2.00 bits per heavy atom. The lowest BCUT2D eigenvalue weighted by Crippen LogP contribution is -2.41. The topological polar surface area (TPSA) is 102 Å². The minimum atomic E-state index is -0.664. The summed E-state index contributed by atoms with van der Waals surface area (Å²) in [6.07, 6.45) is 2.12. The van der Waals surface area contributed by atoms with Crippen molar-refractivity contribution >= 4 is 22.9 Å². The Kier molecular flexibility index (Phi) is 4.37. The number of nitrogens with zero attached hydrogens (tertiary/aromatic N) is 5. The maximum atomic E-state index is 13.1. The van der Waals surface area contributed by atoms with Crippen molar-refractivity contribution in [2.45, 2.75) is 45.9 Å². The number of fused-ring (bicyclic) bond motifs is 3. The number of carbonyl (C=O) groups is 1. The van der Waals surface area contributed by atoms with Gasteiger partial charge in [-0.15, -0.1) is 0 Å². The van der Waals surface area contributed by atoms with Gasteiger partial charge in [0.05, 0.1) is 19.8 Å². The van der Waals surface area contributed by atoms with Crippen LogP contribution in [0.1, 0.15) is 24.2 Å². The second kappa shape index (κ2) is 6.62. The largest absolute Gasteiger partial charge is 0.468 e. The molecule has 1 aliphatic rings. The van der Waals surface area contributed by atoms with Gasteiger partial charge in [0.1, 0.15) is 6.54 Å². The molecular formula is C18H23N5O5. The van der Waals surface area contributed by atoms with Crippen LogP contribution in [0, 0.1) is 13.8 Å². The van der Waals surface area contributed by atoms with E-state index in [0.717, 1.165) is 35.4 Å². The summed E-state index contributed by atoms with van der Waals surface area (Å²) in [5.41, 5.74) is 1.23.